The molecule has 3 aromatic rings. The van der Waals surface area contributed by atoms with Crippen molar-refractivity contribution in [3.05, 3.63) is 102 Å². The predicted molar refractivity (Wildman–Crippen MR) is 134 cm³/mol. The highest BCUT2D eigenvalue weighted by Gasteiger charge is 2.26. The minimum Gasteiger partial charge on any atom is -0.489 e. The third kappa shape index (κ3) is 7.58. The van der Waals surface area contributed by atoms with Gasteiger partial charge in [0.2, 0.25) is 5.91 Å². The summed E-state index contributed by atoms with van der Waals surface area (Å²) in [5.41, 5.74) is 2.59. The zero-order valence-corrected chi connectivity index (χ0v) is 19.6. The minimum absolute atomic E-state index is 0.0226. The van der Waals surface area contributed by atoms with Gasteiger partial charge in [-0.05, 0) is 48.2 Å². The van der Waals surface area contributed by atoms with E-state index in [1.54, 1.807) is 24.3 Å². The van der Waals surface area contributed by atoms with Gasteiger partial charge in [-0.25, -0.2) is 4.79 Å². The summed E-state index contributed by atoms with van der Waals surface area (Å²) >= 11 is 0. The van der Waals surface area contributed by atoms with E-state index in [4.69, 9.17) is 9.47 Å². The number of nitrogens with one attached hydrogen (secondary N) is 3. The van der Waals surface area contributed by atoms with Crippen LogP contribution in [-0.2, 0) is 22.7 Å². The Morgan fingerprint density at radius 2 is 1.54 bits per heavy atom. The molecule has 1 fully saturated rings. The molecule has 0 saturated carbocycles. The van der Waals surface area contributed by atoms with Gasteiger partial charge in [0.1, 0.15) is 25.0 Å². The number of ether oxygens (including phenoxy) is 2. The van der Waals surface area contributed by atoms with Gasteiger partial charge in [-0.15, -0.1) is 0 Å². The Hall–Kier alpha value is -3.84. The summed E-state index contributed by atoms with van der Waals surface area (Å²) in [4.78, 5) is 25.7. The van der Waals surface area contributed by atoms with Crippen LogP contribution in [0, 0.1) is 0 Å². The SMILES string of the molecule is O=C(N[C@@H](C(=O)N[C@H]1CCCNC1)c1ccc(OCc2ccccc2)cc1)OCc1ccccc1. The fraction of sp³-hybridized carbons (Fsp3) is 0.286. The van der Waals surface area contributed by atoms with Gasteiger partial charge in [0, 0.05) is 12.6 Å². The molecule has 1 aliphatic heterocycles. The molecule has 0 bridgehead atoms. The second-order valence-corrected chi connectivity index (χ2v) is 8.53. The summed E-state index contributed by atoms with van der Waals surface area (Å²) in [5.74, 6) is 0.410. The monoisotopic (exact) mass is 473 g/mol. The largest absolute Gasteiger partial charge is 0.489 e. The molecule has 7 nitrogen and oxygen atoms in total. The van der Waals surface area contributed by atoms with E-state index >= 15 is 0 Å². The van der Waals surface area contributed by atoms with Gasteiger partial charge in [-0.3, -0.25) is 4.79 Å². The highest BCUT2D eigenvalue weighted by molar-refractivity contribution is 5.87. The summed E-state index contributed by atoms with van der Waals surface area (Å²) < 4.78 is 11.2. The van der Waals surface area contributed by atoms with Crippen molar-refractivity contribution >= 4 is 12.0 Å². The van der Waals surface area contributed by atoms with Crippen molar-refractivity contribution in [1.29, 1.82) is 0 Å². The molecule has 182 valence electrons. The number of carbonyl (C=O) groups is 2. The quantitative estimate of drug-likeness (QED) is 0.436. The number of amides is 2. The van der Waals surface area contributed by atoms with Gasteiger partial charge in [0.25, 0.3) is 0 Å². The van der Waals surface area contributed by atoms with Crippen LogP contribution < -0.4 is 20.7 Å². The second kappa shape index (κ2) is 12.6. The van der Waals surface area contributed by atoms with Crippen LogP contribution in [0.4, 0.5) is 4.79 Å². The molecule has 1 saturated heterocycles. The van der Waals surface area contributed by atoms with E-state index in [1.165, 1.54) is 0 Å². The Balaban J connectivity index is 1.41. The molecule has 1 aliphatic rings. The van der Waals surface area contributed by atoms with E-state index in [2.05, 4.69) is 16.0 Å². The third-order valence-corrected chi connectivity index (χ3v) is 5.84. The van der Waals surface area contributed by atoms with Crippen LogP contribution in [-0.4, -0.2) is 31.1 Å². The van der Waals surface area contributed by atoms with Crippen LogP contribution >= 0.6 is 0 Å². The molecule has 0 radical (unpaired) electrons. The van der Waals surface area contributed by atoms with Crippen molar-refractivity contribution < 1.29 is 19.1 Å². The lowest BCUT2D eigenvalue weighted by Gasteiger charge is -2.26. The molecule has 1 heterocycles. The van der Waals surface area contributed by atoms with Crippen molar-refractivity contribution in [3.8, 4) is 5.75 Å². The fourth-order valence-corrected chi connectivity index (χ4v) is 3.94. The summed E-state index contributed by atoms with van der Waals surface area (Å²) in [6.07, 6.45) is 1.24. The van der Waals surface area contributed by atoms with E-state index in [9.17, 15) is 9.59 Å². The van der Waals surface area contributed by atoms with Crippen molar-refractivity contribution in [2.45, 2.75) is 38.1 Å². The second-order valence-electron chi connectivity index (χ2n) is 8.53. The van der Waals surface area contributed by atoms with E-state index in [1.807, 2.05) is 60.7 Å². The highest BCUT2D eigenvalue weighted by Crippen LogP contribution is 2.20. The smallest absolute Gasteiger partial charge is 0.408 e. The fourth-order valence-electron chi connectivity index (χ4n) is 3.94. The third-order valence-electron chi connectivity index (χ3n) is 5.84. The van der Waals surface area contributed by atoms with Gasteiger partial charge in [-0.1, -0.05) is 72.8 Å². The van der Waals surface area contributed by atoms with Gasteiger partial charge in [-0.2, -0.15) is 0 Å². The number of alkyl carbamates (subject to hydrolysis) is 1. The molecule has 2 atom stereocenters. The van der Waals surface area contributed by atoms with Crippen molar-refractivity contribution in [1.82, 2.24) is 16.0 Å². The van der Waals surface area contributed by atoms with E-state index in [-0.39, 0.29) is 18.6 Å². The average molecular weight is 474 g/mol. The first kappa shape index (κ1) is 24.3. The van der Waals surface area contributed by atoms with Gasteiger partial charge < -0.3 is 25.4 Å². The van der Waals surface area contributed by atoms with Gasteiger partial charge >= 0.3 is 6.09 Å². The Bertz CT molecular complexity index is 1070. The standard InChI is InChI=1S/C28H31N3O4/c32-27(30-24-12-7-17-29-18-24)26(31-28(33)35-20-22-10-5-2-6-11-22)23-13-15-25(16-14-23)34-19-21-8-3-1-4-9-21/h1-6,8-11,13-16,24,26,29H,7,12,17-20H2,(H,30,32)(H,31,33)/t24-,26+/m0/s1. The molecule has 0 spiro atoms. The van der Waals surface area contributed by atoms with Gasteiger partial charge in [0.15, 0.2) is 0 Å². The molecule has 2 amide bonds. The summed E-state index contributed by atoms with van der Waals surface area (Å²) in [6, 6.07) is 25.6. The van der Waals surface area contributed by atoms with Crippen LogP contribution in [0.3, 0.4) is 0 Å². The number of piperidine rings is 1. The molecule has 0 aliphatic carbocycles. The number of carbonyl (C=O) groups excluding carboxylic acids is 2. The van der Waals surface area contributed by atoms with E-state index in [0.717, 1.165) is 30.5 Å². The van der Waals surface area contributed by atoms with Crippen LogP contribution in [0.15, 0.2) is 84.9 Å². The van der Waals surface area contributed by atoms with Crippen molar-refractivity contribution in [3.63, 3.8) is 0 Å². The summed E-state index contributed by atoms with van der Waals surface area (Å²) in [7, 11) is 0. The zero-order chi connectivity index (χ0) is 24.3. The Kier molecular flexibility index (Phi) is 8.73. The van der Waals surface area contributed by atoms with Crippen LogP contribution in [0.2, 0.25) is 0 Å². The molecular weight excluding hydrogens is 442 g/mol. The summed E-state index contributed by atoms with van der Waals surface area (Å²) in [6.45, 7) is 2.23. The molecule has 35 heavy (non-hydrogen) atoms. The molecular formula is C28H31N3O4. The molecule has 4 rings (SSSR count). The van der Waals surface area contributed by atoms with Crippen molar-refractivity contribution in [2.75, 3.05) is 13.1 Å². The molecule has 0 aromatic heterocycles. The van der Waals surface area contributed by atoms with Crippen LogP contribution in [0.1, 0.15) is 35.6 Å². The first-order valence-corrected chi connectivity index (χ1v) is 11.9. The lowest BCUT2D eigenvalue weighted by Crippen LogP contribution is -2.49. The van der Waals surface area contributed by atoms with Crippen molar-refractivity contribution in [2.24, 2.45) is 0 Å². The number of benzene rings is 3. The maximum Gasteiger partial charge on any atom is 0.408 e. The number of hydrogen-bond donors (Lipinski definition) is 3. The van der Waals surface area contributed by atoms with E-state index < -0.39 is 12.1 Å². The first-order valence-electron chi connectivity index (χ1n) is 11.9. The average Bonchev–Trinajstić information content (AvgIpc) is 2.91. The number of rotatable bonds is 9. The molecule has 3 aromatic carbocycles. The lowest BCUT2D eigenvalue weighted by molar-refractivity contribution is -0.124. The molecule has 3 N–H and O–H groups in total. The highest BCUT2D eigenvalue weighted by atomic mass is 16.5. The molecule has 0 unspecified atom stereocenters. The Labute approximate surface area is 205 Å². The first-order chi connectivity index (χ1) is 17.2. The number of hydrogen-bond acceptors (Lipinski definition) is 5. The Morgan fingerprint density at radius 1 is 0.886 bits per heavy atom. The topological polar surface area (TPSA) is 88.7 Å². The Morgan fingerprint density at radius 3 is 2.17 bits per heavy atom. The maximum absolute atomic E-state index is 13.2. The normalized spacial score (nSPS) is 16.1. The van der Waals surface area contributed by atoms with E-state index in [0.29, 0.717) is 24.5 Å². The van der Waals surface area contributed by atoms with Crippen LogP contribution in [0.25, 0.3) is 0 Å². The van der Waals surface area contributed by atoms with Gasteiger partial charge in [0.05, 0.1) is 0 Å². The molecule has 7 heteroatoms. The maximum atomic E-state index is 13.2. The van der Waals surface area contributed by atoms with Crippen LogP contribution in [0.5, 0.6) is 5.75 Å². The zero-order valence-electron chi connectivity index (χ0n) is 19.6. The lowest BCUT2D eigenvalue weighted by atomic mass is 10.0. The minimum atomic E-state index is -0.886. The summed E-state index contributed by atoms with van der Waals surface area (Å²) in [5, 5.41) is 9.08. The predicted octanol–water partition coefficient (Wildman–Crippen LogP) is 4.10.